The molecule has 0 amide bonds. The van der Waals surface area contributed by atoms with E-state index in [0.29, 0.717) is 35.3 Å². The number of nitrogens with zero attached hydrogens (tertiary/aromatic N) is 1. The van der Waals surface area contributed by atoms with Gasteiger partial charge in [0, 0.05) is 13.1 Å². The van der Waals surface area contributed by atoms with Crippen LogP contribution in [0.4, 0.5) is 26.3 Å². The third-order valence-electron chi connectivity index (χ3n) is 4.86. The lowest BCUT2D eigenvalue weighted by Gasteiger charge is -2.32. The summed E-state index contributed by atoms with van der Waals surface area (Å²) < 4.78 is 78.0. The predicted octanol–water partition coefficient (Wildman–Crippen LogP) is 7.76. The first-order valence-corrected chi connectivity index (χ1v) is 9.80. The SMILES string of the molecule is Cl.FC(F)(F)c1cc(CON2CCCC(c3ccc(Cl)c(Cl)c3)C2)cc(C(F)(F)F)c1. The van der Waals surface area contributed by atoms with Crippen LogP contribution >= 0.6 is 35.6 Å². The van der Waals surface area contributed by atoms with Gasteiger partial charge in [0.1, 0.15) is 0 Å². The highest BCUT2D eigenvalue weighted by Gasteiger charge is 2.37. The largest absolute Gasteiger partial charge is 0.416 e. The van der Waals surface area contributed by atoms with Crippen LogP contribution in [0.1, 0.15) is 41.0 Å². The molecule has 1 fully saturated rings. The van der Waals surface area contributed by atoms with Crippen LogP contribution in [0.15, 0.2) is 36.4 Å². The molecule has 31 heavy (non-hydrogen) atoms. The van der Waals surface area contributed by atoms with E-state index in [-0.39, 0.29) is 30.0 Å². The molecule has 2 aromatic rings. The quantitative estimate of drug-likeness (QED) is 0.391. The summed E-state index contributed by atoms with van der Waals surface area (Å²) in [4.78, 5) is 5.55. The molecule has 0 aliphatic carbocycles. The van der Waals surface area contributed by atoms with Crippen LogP contribution in [0.25, 0.3) is 0 Å². The minimum absolute atomic E-state index is 0. The number of hydrogen-bond donors (Lipinski definition) is 0. The summed E-state index contributed by atoms with van der Waals surface area (Å²) in [5, 5.41) is 2.40. The van der Waals surface area contributed by atoms with Crippen molar-refractivity contribution in [3.05, 3.63) is 68.7 Å². The van der Waals surface area contributed by atoms with Crippen LogP contribution in [0.2, 0.25) is 10.0 Å². The van der Waals surface area contributed by atoms with Gasteiger partial charge in [-0.2, -0.15) is 31.4 Å². The fraction of sp³-hybridized carbons (Fsp3) is 0.400. The Balaban J connectivity index is 0.00000341. The first kappa shape index (κ1) is 26.1. The third-order valence-corrected chi connectivity index (χ3v) is 5.60. The van der Waals surface area contributed by atoms with E-state index in [9.17, 15) is 26.3 Å². The second-order valence-corrected chi connectivity index (χ2v) is 7.90. The van der Waals surface area contributed by atoms with E-state index in [1.807, 2.05) is 6.07 Å². The van der Waals surface area contributed by atoms with Crippen molar-refractivity contribution < 1.29 is 31.2 Å². The standard InChI is InChI=1S/C20H17Cl2F6NO.ClH/c21-17-4-3-13(8-18(17)22)14-2-1-5-29(10-14)30-11-12-6-15(19(23,24)25)9-16(7-12)20(26,27)28;/h3-4,6-9,14H,1-2,5,10-11H2;1H. The maximum absolute atomic E-state index is 13.0. The number of hydroxylamine groups is 2. The molecule has 0 spiro atoms. The van der Waals surface area contributed by atoms with Crippen molar-refractivity contribution in [3.8, 4) is 0 Å². The Kier molecular flexibility index (Phi) is 8.55. The number of hydrogen-bond acceptors (Lipinski definition) is 2. The molecule has 0 radical (unpaired) electrons. The Bertz CT molecular complexity index is 871. The van der Waals surface area contributed by atoms with Crippen LogP contribution in [0.3, 0.4) is 0 Å². The Morgan fingerprint density at radius 2 is 1.52 bits per heavy atom. The summed E-state index contributed by atoms with van der Waals surface area (Å²) in [6.45, 7) is 0.549. The molecular formula is C20H18Cl3F6NO. The van der Waals surface area contributed by atoms with Gasteiger partial charge in [-0.1, -0.05) is 29.3 Å². The highest BCUT2D eigenvalue weighted by atomic mass is 35.5. The van der Waals surface area contributed by atoms with Gasteiger partial charge in [0.25, 0.3) is 0 Å². The number of alkyl halides is 6. The predicted molar refractivity (Wildman–Crippen MR) is 108 cm³/mol. The molecule has 1 saturated heterocycles. The normalized spacial score (nSPS) is 18.0. The molecule has 1 unspecified atom stereocenters. The smallest absolute Gasteiger partial charge is 0.294 e. The molecule has 172 valence electrons. The Morgan fingerprint density at radius 1 is 0.903 bits per heavy atom. The summed E-state index contributed by atoms with van der Waals surface area (Å²) in [5.41, 5.74) is -1.98. The van der Waals surface area contributed by atoms with E-state index >= 15 is 0 Å². The number of halogens is 9. The molecule has 3 rings (SSSR count). The van der Waals surface area contributed by atoms with Crippen molar-refractivity contribution in [2.45, 2.75) is 37.7 Å². The number of piperidine rings is 1. The fourth-order valence-corrected chi connectivity index (χ4v) is 3.67. The molecule has 0 aromatic heterocycles. The molecule has 2 nitrogen and oxygen atoms in total. The molecule has 1 aliphatic heterocycles. The van der Waals surface area contributed by atoms with Crippen LogP contribution in [0, 0.1) is 0 Å². The summed E-state index contributed by atoms with van der Waals surface area (Å²) in [5.74, 6) is 0.0563. The molecule has 2 aromatic carbocycles. The van der Waals surface area contributed by atoms with Gasteiger partial charge < -0.3 is 0 Å². The van der Waals surface area contributed by atoms with Crippen LogP contribution in [-0.2, 0) is 23.8 Å². The van der Waals surface area contributed by atoms with E-state index < -0.39 is 30.1 Å². The lowest BCUT2D eigenvalue weighted by Crippen LogP contribution is -2.34. The second-order valence-electron chi connectivity index (χ2n) is 7.09. The zero-order chi connectivity index (χ0) is 22.1. The zero-order valence-corrected chi connectivity index (χ0v) is 18.2. The average molecular weight is 509 g/mol. The van der Waals surface area contributed by atoms with Crippen molar-refractivity contribution in [1.82, 2.24) is 5.06 Å². The maximum atomic E-state index is 13.0. The summed E-state index contributed by atoms with van der Waals surface area (Å²) in [6, 6.07) is 6.72. The highest BCUT2D eigenvalue weighted by Crippen LogP contribution is 2.37. The summed E-state index contributed by atoms with van der Waals surface area (Å²) >= 11 is 12.0. The van der Waals surface area contributed by atoms with Crippen molar-refractivity contribution in [1.29, 1.82) is 0 Å². The molecule has 0 saturated carbocycles. The fourth-order valence-electron chi connectivity index (χ4n) is 3.37. The van der Waals surface area contributed by atoms with Crippen molar-refractivity contribution in [2.24, 2.45) is 0 Å². The van der Waals surface area contributed by atoms with Gasteiger partial charge in [0.2, 0.25) is 0 Å². The first-order chi connectivity index (χ1) is 13.9. The van der Waals surface area contributed by atoms with E-state index in [4.69, 9.17) is 28.0 Å². The Labute approximate surface area is 191 Å². The minimum atomic E-state index is -4.89. The van der Waals surface area contributed by atoms with Gasteiger partial charge in [-0.3, -0.25) is 4.84 Å². The zero-order valence-electron chi connectivity index (χ0n) is 15.9. The average Bonchev–Trinajstić information content (AvgIpc) is 2.67. The van der Waals surface area contributed by atoms with Gasteiger partial charge in [-0.15, -0.1) is 12.4 Å². The van der Waals surface area contributed by atoms with Gasteiger partial charge >= 0.3 is 12.4 Å². The molecule has 1 heterocycles. The van der Waals surface area contributed by atoms with Crippen molar-refractivity contribution >= 4 is 35.6 Å². The first-order valence-electron chi connectivity index (χ1n) is 9.04. The maximum Gasteiger partial charge on any atom is 0.416 e. The molecule has 11 heteroatoms. The van der Waals surface area contributed by atoms with Crippen LogP contribution < -0.4 is 0 Å². The number of benzene rings is 2. The summed E-state index contributed by atoms with van der Waals surface area (Å²) in [7, 11) is 0. The van der Waals surface area contributed by atoms with Gasteiger partial charge in [-0.25, -0.2) is 0 Å². The van der Waals surface area contributed by atoms with Crippen molar-refractivity contribution in [3.63, 3.8) is 0 Å². The van der Waals surface area contributed by atoms with E-state index in [0.717, 1.165) is 18.4 Å². The molecule has 0 bridgehead atoms. The lowest BCUT2D eigenvalue weighted by atomic mass is 9.91. The van der Waals surface area contributed by atoms with E-state index in [1.54, 1.807) is 17.2 Å². The topological polar surface area (TPSA) is 12.5 Å². The van der Waals surface area contributed by atoms with Crippen LogP contribution in [0.5, 0.6) is 0 Å². The van der Waals surface area contributed by atoms with Gasteiger partial charge in [-0.05, 0) is 60.2 Å². The Morgan fingerprint density at radius 3 is 2.06 bits per heavy atom. The Hall–Kier alpha value is -1.19. The highest BCUT2D eigenvalue weighted by molar-refractivity contribution is 6.42. The van der Waals surface area contributed by atoms with Crippen LogP contribution in [-0.4, -0.2) is 18.2 Å². The monoisotopic (exact) mass is 507 g/mol. The van der Waals surface area contributed by atoms with Crippen molar-refractivity contribution in [2.75, 3.05) is 13.1 Å². The number of rotatable bonds is 4. The molecule has 1 atom stereocenters. The summed E-state index contributed by atoms with van der Waals surface area (Å²) in [6.07, 6.45) is -8.18. The van der Waals surface area contributed by atoms with Gasteiger partial charge in [0.15, 0.2) is 0 Å². The molecule has 0 N–H and O–H groups in total. The molecule has 1 aliphatic rings. The third kappa shape index (κ3) is 6.89. The van der Waals surface area contributed by atoms with E-state index in [1.165, 1.54) is 0 Å². The lowest BCUT2D eigenvalue weighted by molar-refractivity contribution is -0.182. The molecular weight excluding hydrogens is 491 g/mol. The minimum Gasteiger partial charge on any atom is -0.294 e. The van der Waals surface area contributed by atoms with E-state index in [2.05, 4.69) is 0 Å². The van der Waals surface area contributed by atoms with Gasteiger partial charge in [0.05, 0.1) is 27.8 Å². The second kappa shape index (κ2) is 10.2.